The minimum Gasteiger partial charge on any atom is -0.497 e. The Balaban J connectivity index is 1.65. The smallest absolute Gasteiger partial charge is 0.240 e. The van der Waals surface area contributed by atoms with Crippen LogP contribution in [0.15, 0.2) is 66.7 Å². The van der Waals surface area contributed by atoms with Gasteiger partial charge in [-0.3, -0.25) is 14.5 Å². The largest absolute Gasteiger partial charge is 0.497 e. The zero-order valence-corrected chi connectivity index (χ0v) is 25.0. The van der Waals surface area contributed by atoms with Gasteiger partial charge >= 0.3 is 0 Å². The Labute approximate surface area is 250 Å². The summed E-state index contributed by atoms with van der Waals surface area (Å²) in [5.74, 6) is 1.82. The molecule has 1 aliphatic carbocycles. The number of rotatable bonds is 8. The molecular weight excluding hydrogens is 548 g/mol. The lowest BCUT2D eigenvalue weighted by molar-refractivity contribution is -0.123. The van der Waals surface area contributed by atoms with Gasteiger partial charge in [0.05, 0.1) is 36.6 Å². The normalized spacial score (nSPS) is 16.5. The van der Waals surface area contributed by atoms with Crippen LogP contribution in [-0.4, -0.2) is 54.2 Å². The van der Waals surface area contributed by atoms with Crippen LogP contribution in [0.25, 0.3) is 16.9 Å². The van der Waals surface area contributed by atoms with Crippen LogP contribution >= 0.6 is 11.8 Å². The number of ether oxygens (including phenoxy) is 2. The topological polar surface area (TPSA) is 85.7 Å². The van der Waals surface area contributed by atoms with Crippen LogP contribution in [0.2, 0.25) is 0 Å². The summed E-state index contributed by atoms with van der Waals surface area (Å²) in [6.45, 7) is 4.00. The second-order valence-corrected chi connectivity index (χ2v) is 11.9. The molecule has 1 saturated carbocycles. The third-order valence-corrected chi connectivity index (χ3v) is 8.92. The zero-order valence-electron chi connectivity index (χ0n) is 24.2. The van der Waals surface area contributed by atoms with E-state index in [1.165, 1.54) is 11.8 Å². The Morgan fingerprint density at radius 1 is 1.02 bits per heavy atom. The fourth-order valence-corrected chi connectivity index (χ4v) is 6.69. The van der Waals surface area contributed by atoms with Gasteiger partial charge < -0.3 is 14.8 Å². The zero-order chi connectivity index (χ0) is 29.4. The summed E-state index contributed by atoms with van der Waals surface area (Å²) in [5.41, 5.74) is 6.38. The average Bonchev–Trinajstić information content (AvgIpc) is 3.75. The molecule has 0 saturated heterocycles. The van der Waals surface area contributed by atoms with Crippen LogP contribution < -0.4 is 19.7 Å². The number of aromatic nitrogens is 2. The monoisotopic (exact) mass is 582 g/mol. The van der Waals surface area contributed by atoms with Crippen LogP contribution in [-0.2, 0) is 9.59 Å². The number of fused-ring (bicyclic) bond motifs is 1. The van der Waals surface area contributed by atoms with Crippen LogP contribution in [0.4, 0.5) is 5.82 Å². The molecule has 2 aliphatic rings. The van der Waals surface area contributed by atoms with E-state index in [4.69, 9.17) is 14.6 Å². The first-order valence-electron chi connectivity index (χ1n) is 14.1. The van der Waals surface area contributed by atoms with Gasteiger partial charge in [-0.15, -0.1) is 11.8 Å². The molecule has 1 unspecified atom stereocenters. The number of aryl methyl sites for hydroxylation is 2. The Bertz CT molecular complexity index is 1650. The predicted molar refractivity (Wildman–Crippen MR) is 166 cm³/mol. The molecule has 0 spiro atoms. The van der Waals surface area contributed by atoms with Crippen molar-refractivity contribution in [3.05, 3.63) is 89.0 Å². The fraction of sp³-hybridized carbons (Fsp3) is 0.303. The quantitative estimate of drug-likeness (QED) is 0.290. The van der Waals surface area contributed by atoms with Gasteiger partial charge in [0.25, 0.3) is 0 Å². The molecule has 6 rings (SSSR count). The minimum atomic E-state index is -0.333. The van der Waals surface area contributed by atoms with E-state index in [9.17, 15) is 9.59 Å². The maximum absolute atomic E-state index is 14.0. The number of hydrogen-bond donors (Lipinski definition) is 1. The molecule has 2 heterocycles. The molecule has 4 aromatic rings. The van der Waals surface area contributed by atoms with Gasteiger partial charge in [0.2, 0.25) is 11.8 Å². The molecule has 2 amide bonds. The van der Waals surface area contributed by atoms with Gasteiger partial charge in [0.1, 0.15) is 23.9 Å². The average molecular weight is 583 g/mol. The number of benzene rings is 3. The molecule has 1 atom stereocenters. The Morgan fingerprint density at radius 2 is 1.81 bits per heavy atom. The first-order chi connectivity index (χ1) is 20.4. The van der Waals surface area contributed by atoms with Crippen molar-refractivity contribution < 1.29 is 19.1 Å². The highest BCUT2D eigenvalue weighted by atomic mass is 32.2. The lowest BCUT2D eigenvalue weighted by Gasteiger charge is -2.24. The maximum atomic E-state index is 14.0. The first-order valence-corrected chi connectivity index (χ1v) is 15.1. The lowest BCUT2D eigenvalue weighted by atomic mass is 9.98. The number of carbonyl (C=O) groups is 2. The summed E-state index contributed by atoms with van der Waals surface area (Å²) < 4.78 is 13.3. The summed E-state index contributed by atoms with van der Waals surface area (Å²) in [5, 5.41) is 7.94. The van der Waals surface area contributed by atoms with Crippen molar-refractivity contribution in [3.63, 3.8) is 0 Å². The van der Waals surface area contributed by atoms with Crippen molar-refractivity contribution in [2.45, 2.75) is 38.0 Å². The summed E-state index contributed by atoms with van der Waals surface area (Å²) >= 11 is 1.51. The number of methoxy groups -OCH3 is 2. The molecule has 1 N–H and O–H groups in total. The SMILES string of the molecule is COc1ccc(OC)c(C2SCC(=O)N(CC(=O)NC3CC3)c3c2c(-c2ccccc2)nn3-c2ccc(C)cc2C)c1. The second-order valence-electron chi connectivity index (χ2n) is 10.8. The number of nitrogens with zero attached hydrogens (tertiary/aromatic N) is 3. The van der Waals surface area contributed by atoms with Gasteiger partial charge in [-0.2, -0.15) is 5.10 Å². The van der Waals surface area contributed by atoms with E-state index in [-0.39, 0.29) is 35.4 Å². The molecule has 1 fully saturated rings. The summed E-state index contributed by atoms with van der Waals surface area (Å²) in [7, 11) is 3.28. The van der Waals surface area contributed by atoms with E-state index in [0.717, 1.165) is 52.0 Å². The molecule has 9 heteroatoms. The van der Waals surface area contributed by atoms with E-state index in [1.54, 1.807) is 19.1 Å². The van der Waals surface area contributed by atoms with Crippen molar-refractivity contribution in [3.8, 4) is 28.4 Å². The highest BCUT2D eigenvalue weighted by Gasteiger charge is 2.39. The van der Waals surface area contributed by atoms with E-state index >= 15 is 0 Å². The number of hydrogen-bond acceptors (Lipinski definition) is 6. The lowest BCUT2D eigenvalue weighted by Crippen LogP contribution is -2.43. The van der Waals surface area contributed by atoms with Crippen LogP contribution in [0.1, 0.15) is 40.3 Å². The maximum Gasteiger partial charge on any atom is 0.240 e. The number of anilines is 1. The van der Waals surface area contributed by atoms with Crippen molar-refractivity contribution in [1.82, 2.24) is 15.1 Å². The van der Waals surface area contributed by atoms with Gasteiger partial charge in [-0.1, -0.05) is 48.0 Å². The number of thioether (sulfide) groups is 1. The third kappa shape index (κ3) is 5.36. The number of amides is 2. The summed E-state index contributed by atoms with van der Waals surface area (Å²) in [6.07, 6.45) is 1.94. The first kappa shape index (κ1) is 27.9. The second kappa shape index (κ2) is 11.6. The standard InChI is InChI=1S/C33H34N4O4S/c1-20-10-14-26(21(2)16-20)37-33-30(31(35-37)22-8-6-5-7-9-22)32(25-17-24(40-3)13-15-27(25)41-4)42-19-29(39)36(33)18-28(38)34-23-11-12-23/h5-10,13-17,23,32H,11-12,18-19H2,1-4H3,(H,34,38). The third-order valence-electron chi connectivity index (χ3n) is 7.68. The molecule has 8 nitrogen and oxygen atoms in total. The molecule has 1 aliphatic heterocycles. The van der Waals surface area contributed by atoms with Crippen LogP contribution in [0, 0.1) is 13.8 Å². The Hall–Kier alpha value is -4.24. The Kier molecular flexibility index (Phi) is 7.68. The van der Waals surface area contributed by atoms with Gasteiger partial charge in [-0.25, -0.2) is 4.68 Å². The highest BCUT2D eigenvalue weighted by molar-refractivity contribution is 8.00. The Morgan fingerprint density at radius 3 is 2.50 bits per heavy atom. The van der Waals surface area contributed by atoms with E-state index < -0.39 is 0 Å². The van der Waals surface area contributed by atoms with Gasteiger partial charge in [-0.05, 0) is 56.5 Å². The highest BCUT2D eigenvalue weighted by Crippen LogP contribution is 2.51. The van der Waals surface area contributed by atoms with Crippen molar-refractivity contribution in [2.75, 3.05) is 31.4 Å². The van der Waals surface area contributed by atoms with Crippen LogP contribution in [0.3, 0.4) is 0 Å². The summed E-state index contributed by atoms with van der Waals surface area (Å²) in [6, 6.07) is 22.0. The molecule has 3 aromatic carbocycles. The van der Waals surface area contributed by atoms with Gasteiger partial charge in [0.15, 0.2) is 0 Å². The van der Waals surface area contributed by atoms with Crippen molar-refractivity contribution in [2.24, 2.45) is 0 Å². The van der Waals surface area contributed by atoms with Crippen molar-refractivity contribution >= 4 is 29.4 Å². The molecule has 42 heavy (non-hydrogen) atoms. The molecular formula is C33H34N4O4S. The van der Waals surface area contributed by atoms with Gasteiger partial charge in [0, 0.05) is 22.7 Å². The van der Waals surface area contributed by atoms with E-state index in [0.29, 0.717) is 17.3 Å². The number of nitrogens with one attached hydrogen (secondary N) is 1. The van der Waals surface area contributed by atoms with Crippen LogP contribution in [0.5, 0.6) is 11.5 Å². The molecule has 0 bridgehead atoms. The van der Waals surface area contributed by atoms with E-state index in [1.807, 2.05) is 72.3 Å². The summed E-state index contributed by atoms with van der Waals surface area (Å²) in [4.78, 5) is 28.8. The molecule has 0 radical (unpaired) electrons. The van der Waals surface area contributed by atoms with Crippen molar-refractivity contribution in [1.29, 1.82) is 0 Å². The molecule has 216 valence electrons. The number of carbonyl (C=O) groups excluding carboxylic acids is 2. The predicted octanol–water partition coefficient (Wildman–Crippen LogP) is 5.62. The fourth-order valence-electron chi connectivity index (χ4n) is 5.47. The minimum absolute atomic E-state index is 0.0876. The van der Waals surface area contributed by atoms with E-state index in [2.05, 4.69) is 18.3 Å². The molecule has 1 aromatic heterocycles.